The summed E-state index contributed by atoms with van der Waals surface area (Å²) in [7, 11) is 0. The minimum absolute atomic E-state index is 0.0324. The Bertz CT molecular complexity index is 768. The monoisotopic (exact) mass is 353 g/mol. The standard InChI is InChI=1S/C21H27N3O2/c1-3-17-8-6-7-16(2)21(17)22-20(26)15-23-11-13-24(14-12-23)18-9-4-5-10-19(18)25/h4-10,25H,3,11-15H2,1-2H3,(H,22,26). The zero-order chi connectivity index (χ0) is 18.5. The van der Waals surface area contributed by atoms with Gasteiger partial charge in [-0.25, -0.2) is 0 Å². The van der Waals surface area contributed by atoms with E-state index in [9.17, 15) is 9.90 Å². The normalized spacial score (nSPS) is 15.1. The van der Waals surface area contributed by atoms with Gasteiger partial charge in [0.2, 0.25) is 5.91 Å². The lowest BCUT2D eigenvalue weighted by Gasteiger charge is -2.36. The van der Waals surface area contributed by atoms with E-state index in [1.165, 1.54) is 5.56 Å². The van der Waals surface area contributed by atoms with E-state index >= 15 is 0 Å². The molecule has 26 heavy (non-hydrogen) atoms. The third-order valence-electron chi connectivity index (χ3n) is 4.97. The maximum Gasteiger partial charge on any atom is 0.238 e. The van der Waals surface area contributed by atoms with E-state index in [4.69, 9.17) is 0 Å². The molecule has 138 valence electrons. The van der Waals surface area contributed by atoms with Crippen molar-refractivity contribution in [3.63, 3.8) is 0 Å². The number of aryl methyl sites for hydroxylation is 2. The Labute approximate surface area is 155 Å². The summed E-state index contributed by atoms with van der Waals surface area (Å²) < 4.78 is 0. The first-order valence-corrected chi connectivity index (χ1v) is 9.22. The van der Waals surface area contributed by atoms with Gasteiger partial charge in [-0.2, -0.15) is 0 Å². The third-order valence-corrected chi connectivity index (χ3v) is 4.97. The minimum Gasteiger partial charge on any atom is -0.506 e. The molecule has 2 N–H and O–H groups in total. The van der Waals surface area contributed by atoms with E-state index in [0.29, 0.717) is 12.3 Å². The molecule has 1 saturated heterocycles. The molecule has 0 aliphatic carbocycles. The van der Waals surface area contributed by atoms with Crippen LogP contribution in [0.3, 0.4) is 0 Å². The van der Waals surface area contributed by atoms with Crippen molar-refractivity contribution >= 4 is 17.3 Å². The Hall–Kier alpha value is -2.53. The Kier molecular flexibility index (Phi) is 5.78. The van der Waals surface area contributed by atoms with Gasteiger partial charge in [-0.3, -0.25) is 9.69 Å². The number of phenolic OH excluding ortho intramolecular Hbond substituents is 1. The number of amides is 1. The summed E-state index contributed by atoms with van der Waals surface area (Å²) in [6, 6.07) is 13.5. The number of aromatic hydroxyl groups is 1. The zero-order valence-electron chi connectivity index (χ0n) is 15.5. The fourth-order valence-corrected chi connectivity index (χ4v) is 3.46. The molecule has 5 nitrogen and oxygen atoms in total. The Morgan fingerprint density at radius 3 is 2.50 bits per heavy atom. The van der Waals surface area contributed by atoms with Crippen LogP contribution in [-0.4, -0.2) is 48.6 Å². The van der Waals surface area contributed by atoms with Crippen LogP contribution >= 0.6 is 0 Å². The van der Waals surface area contributed by atoms with Crippen molar-refractivity contribution < 1.29 is 9.90 Å². The largest absolute Gasteiger partial charge is 0.506 e. The van der Waals surface area contributed by atoms with Gasteiger partial charge >= 0.3 is 0 Å². The lowest BCUT2D eigenvalue weighted by Crippen LogP contribution is -2.48. The van der Waals surface area contributed by atoms with E-state index in [1.807, 2.05) is 37.3 Å². The van der Waals surface area contributed by atoms with Gasteiger partial charge in [0.05, 0.1) is 12.2 Å². The van der Waals surface area contributed by atoms with E-state index in [0.717, 1.165) is 49.5 Å². The lowest BCUT2D eigenvalue weighted by molar-refractivity contribution is -0.117. The van der Waals surface area contributed by atoms with Crippen LogP contribution in [0.5, 0.6) is 5.75 Å². The summed E-state index contributed by atoms with van der Waals surface area (Å²) in [6.07, 6.45) is 0.899. The van der Waals surface area contributed by atoms with E-state index < -0.39 is 0 Å². The molecule has 0 atom stereocenters. The predicted molar refractivity (Wildman–Crippen MR) is 106 cm³/mol. The van der Waals surface area contributed by atoms with Crippen LogP contribution in [0.25, 0.3) is 0 Å². The molecular formula is C21H27N3O2. The second-order valence-electron chi connectivity index (χ2n) is 6.76. The Morgan fingerprint density at radius 1 is 1.08 bits per heavy atom. The van der Waals surface area contributed by atoms with E-state index in [2.05, 4.69) is 28.1 Å². The summed E-state index contributed by atoms with van der Waals surface area (Å²) in [5.74, 6) is 0.343. The summed E-state index contributed by atoms with van der Waals surface area (Å²) in [5.41, 5.74) is 4.08. The van der Waals surface area contributed by atoms with Crippen LogP contribution in [-0.2, 0) is 11.2 Å². The van der Waals surface area contributed by atoms with Crippen LogP contribution < -0.4 is 10.2 Å². The molecule has 2 aromatic rings. The molecule has 0 aromatic heterocycles. The van der Waals surface area contributed by atoms with Gasteiger partial charge in [0, 0.05) is 31.9 Å². The Balaban J connectivity index is 1.55. The number of benzene rings is 2. The van der Waals surface area contributed by atoms with Gasteiger partial charge in [0.1, 0.15) is 5.75 Å². The van der Waals surface area contributed by atoms with Gasteiger partial charge in [0.25, 0.3) is 0 Å². The van der Waals surface area contributed by atoms with Crippen molar-refractivity contribution in [2.75, 3.05) is 42.9 Å². The van der Waals surface area contributed by atoms with Crippen LogP contribution in [0.15, 0.2) is 42.5 Å². The molecule has 1 aliphatic heterocycles. The van der Waals surface area contributed by atoms with Crippen LogP contribution in [0.2, 0.25) is 0 Å². The molecule has 0 unspecified atom stereocenters. The second-order valence-corrected chi connectivity index (χ2v) is 6.76. The van der Waals surface area contributed by atoms with Gasteiger partial charge in [-0.15, -0.1) is 0 Å². The highest BCUT2D eigenvalue weighted by atomic mass is 16.3. The number of rotatable bonds is 5. The molecule has 1 amide bonds. The first-order valence-electron chi connectivity index (χ1n) is 9.22. The smallest absolute Gasteiger partial charge is 0.238 e. The number of phenols is 1. The molecule has 5 heteroatoms. The van der Waals surface area contributed by atoms with Crippen LogP contribution in [0, 0.1) is 6.92 Å². The second kappa shape index (κ2) is 8.23. The van der Waals surface area contributed by atoms with E-state index in [1.54, 1.807) is 6.07 Å². The fraction of sp³-hybridized carbons (Fsp3) is 0.381. The fourth-order valence-electron chi connectivity index (χ4n) is 3.46. The quantitative estimate of drug-likeness (QED) is 0.868. The summed E-state index contributed by atoms with van der Waals surface area (Å²) in [5, 5.41) is 13.1. The molecule has 0 bridgehead atoms. The molecule has 1 fully saturated rings. The van der Waals surface area contributed by atoms with E-state index in [-0.39, 0.29) is 5.91 Å². The minimum atomic E-state index is 0.0324. The highest BCUT2D eigenvalue weighted by molar-refractivity contribution is 5.93. The number of nitrogens with zero attached hydrogens (tertiary/aromatic N) is 2. The van der Waals surface area contributed by atoms with Crippen molar-refractivity contribution in [3.05, 3.63) is 53.6 Å². The topological polar surface area (TPSA) is 55.8 Å². The van der Waals surface area contributed by atoms with Gasteiger partial charge < -0.3 is 15.3 Å². The summed E-state index contributed by atoms with van der Waals surface area (Å²) in [4.78, 5) is 16.8. The molecule has 0 spiro atoms. The third kappa shape index (κ3) is 4.17. The molecule has 1 aliphatic rings. The maximum absolute atomic E-state index is 12.5. The number of piperazine rings is 1. The SMILES string of the molecule is CCc1cccc(C)c1NC(=O)CN1CCN(c2ccccc2O)CC1. The maximum atomic E-state index is 12.5. The average molecular weight is 353 g/mol. The van der Waals surface area contributed by atoms with Crippen molar-refractivity contribution in [2.24, 2.45) is 0 Å². The number of carbonyl (C=O) groups excluding carboxylic acids is 1. The number of anilines is 2. The highest BCUT2D eigenvalue weighted by Gasteiger charge is 2.21. The number of hydrogen-bond donors (Lipinski definition) is 2. The molecule has 3 rings (SSSR count). The summed E-state index contributed by atoms with van der Waals surface area (Å²) in [6.45, 7) is 7.73. The van der Waals surface area contributed by atoms with Crippen LogP contribution in [0.4, 0.5) is 11.4 Å². The zero-order valence-corrected chi connectivity index (χ0v) is 15.5. The van der Waals surface area contributed by atoms with Gasteiger partial charge in [-0.1, -0.05) is 37.3 Å². The highest BCUT2D eigenvalue weighted by Crippen LogP contribution is 2.27. The number of para-hydroxylation sites is 3. The van der Waals surface area contributed by atoms with Crippen molar-refractivity contribution in [3.8, 4) is 5.75 Å². The molecule has 1 heterocycles. The van der Waals surface area contributed by atoms with Crippen LogP contribution in [0.1, 0.15) is 18.1 Å². The number of carbonyl (C=O) groups is 1. The van der Waals surface area contributed by atoms with Gasteiger partial charge in [-0.05, 0) is 36.6 Å². The first-order chi connectivity index (χ1) is 12.6. The van der Waals surface area contributed by atoms with Crippen molar-refractivity contribution in [1.29, 1.82) is 0 Å². The van der Waals surface area contributed by atoms with Crippen molar-refractivity contribution in [1.82, 2.24) is 4.90 Å². The summed E-state index contributed by atoms with van der Waals surface area (Å²) >= 11 is 0. The first kappa shape index (κ1) is 18.3. The van der Waals surface area contributed by atoms with Crippen molar-refractivity contribution in [2.45, 2.75) is 20.3 Å². The predicted octanol–water partition coefficient (Wildman–Crippen LogP) is 3.02. The average Bonchev–Trinajstić information content (AvgIpc) is 2.64. The molecule has 2 aromatic carbocycles. The van der Waals surface area contributed by atoms with Gasteiger partial charge in [0.15, 0.2) is 0 Å². The number of nitrogens with one attached hydrogen (secondary N) is 1. The number of hydrogen-bond acceptors (Lipinski definition) is 4. The lowest BCUT2D eigenvalue weighted by atomic mass is 10.1. The molecule has 0 radical (unpaired) electrons. The molecule has 0 saturated carbocycles. The Morgan fingerprint density at radius 2 is 1.81 bits per heavy atom. The molecular weight excluding hydrogens is 326 g/mol.